The average Bonchev–Trinajstić information content (AvgIpc) is 2.52. The summed E-state index contributed by atoms with van der Waals surface area (Å²) in [4.78, 5) is 36.7. The lowest BCUT2D eigenvalue weighted by Crippen LogP contribution is -2.60. The predicted molar refractivity (Wildman–Crippen MR) is 91.8 cm³/mol. The molecule has 8 heteroatoms. The third-order valence-corrected chi connectivity index (χ3v) is 4.72. The summed E-state index contributed by atoms with van der Waals surface area (Å²) in [7, 11) is 1.54. The smallest absolute Gasteiger partial charge is 0.251 e. The van der Waals surface area contributed by atoms with Crippen LogP contribution >= 0.6 is 11.6 Å². The number of nitrogens with one attached hydrogen (secondary N) is 2. The van der Waals surface area contributed by atoms with Crippen LogP contribution in [-0.2, 0) is 9.59 Å². The number of hydrogen-bond donors (Lipinski definition) is 2. The van der Waals surface area contributed by atoms with Crippen LogP contribution in [0.5, 0.6) is 0 Å². The summed E-state index contributed by atoms with van der Waals surface area (Å²) in [6.45, 7) is 1.60. The lowest BCUT2D eigenvalue weighted by Gasteiger charge is -2.42. The van der Waals surface area contributed by atoms with Gasteiger partial charge >= 0.3 is 0 Å². The van der Waals surface area contributed by atoms with E-state index < -0.39 is 17.3 Å². The summed E-state index contributed by atoms with van der Waals surface area (Å²) in [5, 5.41) is 5.58. The first-order chi connectivity index (χ1) is 11.7. The van der Waals surface area contributed by atoms with Crippen molar-refractivity contribution in [3.63, 3.8) is 0 Å². The summed E-state index contributed by atoms with van der Waals surface area (Å²) in [5.74, 6) is -1.56. The molecule has 0 radical (unpaired) electrons. The molecular weight excluding hydrogens is 349 g/mol. The zero-order chi connectivity index (χ0) is 18.6. The van der Waals surface area contributed by atoms with E-state index in [2.05, 4.69) is 10.6 Å². The van der Waals surface area contributed by atoms with Gasteiger partial charge in [0.1, 0.15) is 5.82 Å². The molecule has 0 aromatic heterocycles. The minimum atomic E-state index is -0.655. The molecule has 1 aliphatic carbocycles. The molecule has 1 saturated carbocycles. The zero-order valence-corrected chi connectivity index (χ0v) is 15.0. The standard InChI is InChI=1S/C17H21ClFN3O3/c1-11(23)22(2)9-15(24)20-10-17(6-3-7-17)21-16(25)12-4-5-13(18)14(19)8-12/h4-5,8H,3,6-7,9-10H2,1-2H3,(H,20,24)(H,21,25). The van der Waals surface area contributed by atoms with Gasteiger partial charge in [0.25, 0.3) is 5.91 Å². The summed E-state index contributed by atoms with van der Waals surface area (Å²) in [6.07, 6.45) is 2.37. The van der Waals surface area contributed by atoms with Crippen molar-refractivity contribution in [1.82, 2.24) is 15.5 Å². The van der Waals surface area contributed by atoms with Crippen molar-refractivity contribution in [2.75, 3.05) is 20.1 Å². The Labute approximate surface area is 150 Å². The van der Waals surface area contributed by atoms with Crippen LogP contribution in [0.3, 0.4) is 0 Å². The number of nitrogens with zero attached hydrogens (tertiary/aromatic N) is 1. The fourth-order valence-electron chi connectivity index (χ4n) is 2.55. The fraction of sp³-hybridized carbons (Fsp3) is 0.471. The van der Waals surface area contributed by atoms with Crippen LogP contribution in [0.15, 0.2) is 18.2 Å². The van der Waals surface area contributed by atoms with Gasteiger partial charge in [-0.3, -0.25) is 14.4 Å². The summed E-state index contributed by atoms with van der Waals surface area (Å²) >= 11 is 5.62. The molecule has 1 aliphatic rings. The Morgan fingerprint density at radius 3 is 2.52 bits per heavy atom. The SMILES string of the molecule is CC(=O)N(C)CC(=O)NCC1(NC(=O)c2ccc(Cl)c(F)c2)CCC1. The Morgan fingerprint density at radius 2 is 2.00 bits per heavy atom. The van der Waals surface area contributed by atoms with Gasteiger partial charge in [0.15, 0.2) is 0 Å². The molecule has 0 bridgehead atoms. The topological polar surface area (TPSA) is 78.5 Å². The van der Waals surface area contributed by atoms with E-state index in [0.29, 0.717) is 0 Å². The highest BCUT2D eigenvalue weighted by molar-refractivity contribution is 6.30. The lowest BCUT2D eigenvalue weighted by atomic mass is 9.76. The molecule has 1 fully saturated rings. The molecule has 0 saturated heterocycles. The second-order valence-corrected chi connectivity index (χ2v) is 6.78. The second-order valence-electron chi connectivity index (χ2n) is 6.37. The first-order valence-electron chi connectivity index (χ1n) is 7.98. The van der Waals surface area contributed by atoms with Crippen LogP contribution in [0, 0.1) is 5.82 Å². The minimum Gasteiger partial charge on any atom is -0.352 e. The van der Waals surface area contributed by atoms with Gasteiger partial charge in [0, 0.05) is 26.1 Å². The van der Waals surface area contributed by atoms with Crippen LogP contribution in [0.2, 0.25) is 5.02 Å². The second kappa shape index (κ2) is 7.82. The number of rotatable bonds is 6. The Balaban J connectivity index is 1.94. The summed E-state index contributed by atoms with van der Waals surface area (Å²) in [5.41, 5.74) is -0.367. The molecule has 1 aromatic carbocycles. The number of likely N-dealkylation sites (N-methyl/N-ethyl adjacent to an activating group) is 1. The van der Waals surface area contributed by atoms with Crippen LogP contribution in [0.1, 0.15) is 36.5 Å². The number of hydrogen-bond acceptors (Lipinski definition) is 3. The van der Waals surface area contributed by atoms with Crippen molar-refractivity contribution >= 4 is 29.3 Å². The maximum absolute atomic E-state index is 13.5. The molecule has 136 valence electrons. The highest BCUT2D eigenvalue weighted by Crippen LogP contribution is 2.31. The third-order valence-electron chi connectivity index (χ3n) is 4.41. The number of carbonyl (C=O) groups excluding carboxylic acids is 3. The molecule has 0 heterocycles. The summed E-state index contributed by atoms with van der Waals surface area (Å²) < 4.78 is 13.5. The third kappa shape index (κ3) is 4.92. The van der Waals surface area contributed by atoms with E-state index in [1.165, 1.54) is 31.0 Å². The molecule has 0 spiro atoms. The number of halogens is 2. The number of benzene rings is 1. The maximum atomic E-state index is 13.5. The van der Waals surface area contributed by atoms with E-state index in [-0.39, 0.29) is 35.5 Å². The molecule has 1 aromatic rings. The van der Waals surface area contributed by atoms with Crippen LogP contribution < -0.4 is 10.6 Å². The first kappa shape index (κ1) is 19.2. The molecule has 0 aliphatic heterocycles. The van der Waals surface area contributed by atoms with Gasteiger partial charge in [-0.1, -0.05) is 11.6 Å². The average molecular weight is 370 g/mol. The van der Waals surface area contributed by atoms with E-state index in [9.17, 15) is 18.8 Å². The lowest BCUT2D eigenvalue weighted by molar-refractivity contribution is -0.133. The van der Waals surface area contributed by atoms with Gasteiger partial charge in [0.05, 0.1) is 17.1 Å². The Hall–Kier alpha value is -2.15. The Morgan fingerprint density at radius 1 is 1.32 bits per heavy atom. The predicted octanol–water partition coefficient (Wildman–Crippen LogP) is 1.73. The largest absolute Gasteiger partial charge is 0.352 e. The molecule has 2 N–H and O–H groups in total. The molecule has 0 unspecified atom stereocenters. The Bertz CT molecular complexity index is 692. The van der Waals surface area contributed by atoms with Crippen LogP contribution in [0.4, 0.5) is 4.39 Å². The highest BCUT2D eigenvalue weighted by atomic mass is 35.5. The van der Waals surface area contributed by atoms with Gasteiger partial charge in [-0.05, 0) is 37.5 Å². The van der Waals surface area contributed by atoms with Crippen molar-refractivity contribution in [1.29, 1.82) is 0 Å². The molecule has 6 nitrogen and oxygen atoms in total. The molecule has 2 rings (SSSR count). The van der Waals surface area contributed by atoms with Crippen molar-refractivity contribution in [3.05, 3.63) is 34.6 Å². The molecule has 3 amide bonds. The van der Waals surface area contributed by atoms with E-state index in [1.807, 2.05) is 0 Å². The quantitative estimate of drug-likeness (QED) is 0.801. The van der Waals surface area contributed by atoms with Crippen LogP contribution in [-0.4, -0.2) is 48.3 Å². The van der Waals surface area contributed by atoms with E-state index in [0.717, 1.165) is 25.3 Å². The van der Waals surface area contributed by atoms with Crippen molar-refractivity contribution in [2.45, 2.75) is 31.7 Å². The highest BCUT2D eigenvalue weighted by Gasteiger charge is 2.38. The van der Waals surface area contributed by atoms with E-state index in [4.69, 9.17) is 11.6 Å². The van der Waals surface area contributed by atoms with Gasteiger partial charge in [-0.15, -0.1) is 0 Å². The monoisotopic (exact) mass is 369 g/mol. The van der Waals surface area contributed by atoms with Crippen LogP contribution in [0.25, 0.3) is 0 Å². The summed E-state index contributed by atoms with van der Waals surface area (Å²) in [6, 6.07) is 3.87. The molecule has 0 atom stereocenters. The van der Waals surface area contributed by atoms with Gasteiger partial charge < -0.3 is 15.5 Å². The van der Waals surface area contributed by atoms with Crippen molar-refractivity contribution in [2.24, 2.45) is 0 Å². The fourth-order valence-corrected chi connectivity index (χ4v) is 2.67. The molecular formula is C17H21ClFN3O3. The maximum Gasteiger partial charge on any atom is 0.251 e. The molecule has 25 heavy (non-hydrogen) atoms. The van der Waals surface area contributed by atoms with Gasteiger partial charge in [0.2, 0.25) is 11.8 Å². The minimum absolute atomic E-state index is 0.0399. The van der Waals surface area contributed by atoms with Crippen molar-refractivity contribution in [3.8, 4) is 0 Å². The van der Waals surface area contributed by atoms with E-state index in [1.54, 1.807) is 0 Å². The first-order valence-corrected chi connectivity index (χ1v) is 8.36. The number of carbonyl (C=O) groups is 3. The Kier molecular flexibility index (Phi) is 6.00. The van der Waals surface area contributed by atoms with Gasteiger partial charge in [-0.2, -0.15) is 0 Å². The van der Waals surface area contributed by atoms with E-state index >= 15 is 0 Å². The number of amides is 3. The zero-order valence-electron chi connectivity index (χ0n) is 14.2. The van der Waals surface area contributed by atoms with Gasteiger partial charge in [-0.25, -0.2) is 4.39 Å². The van der Waals surface area contributed by atoms with Crippen molar-refractivity contribution < 1.29 is 18.8 Å². The normalized spacial score (nSPS) is 15.0.